The predicted molar refractivity (Wildman–Crippen MR) is 66.5 cm³/mol. The van der Waals surface area contributed by atoms with Gasteiger partial charge in [-0.15, -0.1) is 0 Å². The second-order valence-corrected chi connectivity index (χ2v) is 4.83. The predicted octanol–water partition coefficient (Wildman–Crippen LogP) is 1.82. The fourth-order valence-electron chi connectivity index (χ4n) is 2.42. The van der Waals surface area contributed by atoms with E-state index in [0.29, 0.717) is 0 Å². The van der Waals surface area contributed by atoms with Crippen molar-refractivity contribution in [3.8, 4) is 0 Å². The molecule has 94 valence electrons. The van der Waals surface area contributed by atoms with Gasteiger partial charge < -0.3 is 10.4 Å². The van der Waals surface area contributed by atoms with Crippen LogP contribution in [-0.4, -0.2) is 27.2 Å². The standard InChI is InChI=1S/C13H21N3O/c1-10(12-9-14-7-8-15-12)16-11-5-3-2-4-6-13(11)17/h7-11,13,16-17H,2-6H2,1H3. The summed E-state index contributed by atoms with van der Waals surface area (Å²) in [6, 6.07) is 0.330. The minimum Gasteiger partial charge on any atom is -0.392 e. The fraction of sp³-hybridized carbons (Fsp3) is 0.692. The van der Waals surface area contributed by atoms with Crippen LogP contribution in [0, 0.1) is 0 Å². The van der Waals surface area contributed by atoms with Crippen molar-refractivity contribution in [2.45, 2.75) is 57.2 Å². The molecule has 1 aromatic rings. The van der Waals surface area contributed by atoms with Gasteiger partial charge in [0.05, 0.1) is 11.8 Å². The zero-order valence-electron chi connectivity index (χ0n) is 10.3. The summed E-state index contributed by atoms with van der Waals surface area (Å²) < 4.78 is 0. The van der Waals surface area contributed by atoms with Crippen molar-refractivity contribution >= 4 is 0 Å². The molecule has 1 aliphatic rings. The lowest BCUT2D eigenvalue weighted by molar-refractivity contribution is 0.114. The molecule has 0 radical (unpaired) electrons. The van der Waals surface area contributed by atoms with E-state index in [1.807, 2.05) is 0 Å². The van der Waals surface area contributed by atoms with Gasteiger partial charge >= 0.3 is 0 Å². The first-order valence-corrected chi connectivity index (χ1v) is 6.47. The van der Waals surface area contributed by atoms with Gasteiger partial charge in [-0.05, 0) is 19.8 Å². The van der Waals surface area contributed by atoms with E-state index < -0.39 is 0 Å². The number of aliphatic hydroxyl groups is 1. The van der Waals surface area contributed by atoms with Crippen LogP contribution in [0.3, 0.4) is 0 Å². The van der Waals surface area contributed by atoms with E-state index in [1.165, 1.54) is 12.8 Å². The largest absolute Gasteiger partial charge is 0.392 e. The van der Waals surface area contributed by atoms with Gasteiger partial charge in [0.1, 0.15) is 0 Å². The molecule has 1 saturated carbocycles. The molecule has 4 heteroatoms. The summed E-state index contributed by atoms with van der Waals surface area (Å²) >= 11 is 0. The summed E-state index contributed by atoms with van der Waals surface area (Å²) in [6.45, 7) is 2.07. The van der Waals surface area contributed by atoms with Crippen molar-refractivity contribution < 1.29 is 5.11 Å². The lowest BCUT2D eigenvalue weighted by atomic mass is 10.0. The maximum absolute atomic E-state index is 10.0. The Bertz CT molecular complexity index is 331. The van der Waals surface area contributed by atoms with Crippen molar-refractivity contribution in [3.05, 3.63) is 24.3 Å². The molecule has 0 aliphatic heterocycles. The maximum Gasteiger partial charge on any atom is 0.0753 e. The van der Waals surface area contributed by atoms with E-state index in [-0.39, 0.29) is 18.2 Å². The van der Waals surface area contributed by atoms with Crippen molar-refractivity contribution in [2.24, 2.45) is 0 Å². The average Bonchev–Trinajstić information content (AvgIpc) is 2.56. The summed E-state index contributed by atoms with van der Waals surface area (Å²) in [5.74, 6) is 0. The molecular formula is C13H21N3O. The average molecular weight is 235 g/mol. The molecular weight excluding hydrogens is 214 g/mol. The smallest absolute Gasteiger partial charge is 0.0753 e. The normalized spacial score (nSPS) is 27.4. The summed E-state index contributed by atoms with van der Waals surface area (Å²) in [7, 11) is 0. The van der Waals surface area contributed by atoms with E-state index in [1.54, 1.807) is 18.6 Å². The van der Waals surface area contributed by atoms with Gasteiger partial charge in [-0.2, -0.15) is 0 Å². The van der Waals surface area contributed by atoms with E-state index >= 15 is 0 Å². The van der Waals surface area contributed by atoms with Crippen LogP contribution < -0.4 is 5.32 Å². The van der Waals surface area contributed by atoms with Crippen LogP contribution in [0.4, 0.5) is 0 Å². The number of aromatic nitrogens is 2. The third-order valence-electron chi connectivity index (χ3n) is 3.47. The molecule has 2 N–H and O–H groups in total. The van der Waals surface area contributed by atoms with Crippen LogP contribution in [0.15, 0.2) is 18.6 Å². The number of rotatable bonds is 3. The molecule has 0 spiro atoms. The summed E-state index contributed by atoms with van der Waals surface area (Å²) in [4.78, 5) is 8.36. The lowest BCUT2D eigenvalue weighted by Crippen LogP contribution is -2.40. The number of nitrogens with zero attached hydrogens (tertiary/aromatic N) is 2. The molecule has 3 unspecified atom stereocenters. The van der Waals surface area contributed by atoms with E-state index in [4.69, 9.17) is 0 Å². The molecule has 4 nitrogen and oxygen atoms in total. The van der Waals surface area contributed by atoms with E-state index in [2.05, 4.69) is 22.2 Å². The molecule has 2 rings (SSSR count). The lowest BCUT2D eigenvalue weighted by Gasteiger charge is -2.25. The Morgan fingerprint density at radius 1 is 1.29 bits per heavy atom. The molecule has 17 heavy (non-hydrogen) atoms. The highest BCUT2D eigenvalue weighted by Crippen LogP contribution is 2.20. The minimum absolute atomic E-state index is 0.140. The molecule has 0 aromatic carbocycles. The molecule has 1 fully saturated rings. The Kier molecular flexibility index (Phi) is 4.45. The molecule has 1 aliphatic carbocycles. The highest BCUT2D eigenvalue weighted by Gasteiger charge is 2.23. The third kappa shape index (κ3) is 3.48. The molecule has 1 heterocycles. The zero-order valence-corrected chi connectivity index (χ0v) is 10.3. The Hall–Kier alpha value is -1.00. The van der Waals surface area contributed by atoms with Crippen molar-refractivity contribution in [2.75, 3.05) is 0 Å². The highest BCUT2D eigenvalue weighted by molar-refractivity contribution is 5.01. The number of aliphatic hydroxyl groups excluding tert-OH is 1. The molecule has 0 saturated heterocycles. The van der Waals surface area contributed by atoms with E-state index in [0.717, 1.165) is 25.0 Å². The molecule has 3 atom stereocenters. The first-order chi connectivity index (χ1) is 8.27. The number of hydrogen-bond acceptors (Lipinski definition) is 4. The summed E-state index contributed by atoms with van der Waals surface area (Å²) in [5, 5.41) is 13.5. The van der Waals surface area contributed by atoms with Gasteiger partial charge in [-0.1, -0.05) is 19.3 Å². The van der Waals surface area contributed by atoms with Crippen LogP contribution in [0.25, 0.3) is 0 Å². The van der Waals surface area contributed by atoms with Crippen LogP contribution in [0.2, 0.25) is 0 Å². The van der Waals surface area contributed by atoms with Crippen molar-refractivity contribution in [1.29, 1.82) is 0 Å². The Balaban J connectivity index is 1.95. The van der Waals surface area contributed by atoms with Gasteiger partial charge in [0.2, 0.25) is 0 Å². The topological polar surface area (TPSA) is 58.0 Å². The third-order valence-corrected chi connectivity index (χ3v) is 3.47. The first kappa shape index (κ1) is 12.5. The Labute approximate surface area is 102 Å². The fourth-order valence-corrected chi connectivity index (χ4v) is 2.42. The quantitative estimate of drug-likeness (QED) is 0.785. The Morgan fingerprint density at radius 3 is 2.88 bits per heavy atom. The number of nitrogens with one attached hydrogen (secondary N) is 1. The van der Waals surface area contributed by atoms with Gasteiger partial charge in [-0.3, -0.25) is 9.97 Å². The molecule has 0 amide bonds. The SMILES string of the molecule is CC(NC1CCCCCC1O)c1cnccn1. The molecule has 1 aromatic heterocycles. The van der Waals surface area contributed by atoms with Gasteiger partial charge in [0, 0.05) is 30.7 Å². The van der Waals surface area contributed by atoms with Gasteiger partial charge in [-0.25, -0.2) is 0 Å². The van der Waals surface area contributed by atoms with Gasteiger partial charge in [0.15, 0.2) is 0 Å². The van der Waals surface area contributed by atoms with Crippen molar-refractivity contribution in [3.63, 3.8) is 0 Å². The second kappa shape index (κ2) is 6.07. The summed E-state index contributed by atoms with van der Waals surface area (Å²) in [6.07, 6.45) is 10.5. The van der Waals surface area contributed by atoms with E-state index in [9.17, 15) is 5.11 Å². The van der Waals surface area contributed by atoms with Gasteiger partial charge in [0.25, 0.3) is 0 Å². The summed E-state index contributed by atoms with van der Waals surface area (Å²) in [5.41, 5.74) is 0.934. The second-order valence-electron chi connectivity index (χ2n) is 4.83. The highest BCUT2D eigenvalue weighted by atomic mass is 16.3. The first-order valence-electron chi connectivity index (χ1n) is 6.47. The maximum atomic E-state index is 10.0. The van der Waals surface area contributed by atoms with Crippen LogP contribution in [0.5, 0.6) is 0 Å². The Morgan fingerprint density at radius 2 is 2.12 bits per heavy atom. The number of hydrogen-bond donors (Lipinski definition) is 2. The van der Waals surface area contributed by atoms with Crippen LogP contribution in [-0.2, 0) is 0 Å². The van der Waals surface area contributed by atoms with Crippen molar-refractivity contribution in [1.82, 2.24) is 15.3 Å². The monoisotopic (exact) mass is 235 g/mol. The zero-order chi connectivity index (χ0) is 12.1. The minimum atomic E-state index is -0.225. The molecule has 0 bridgehead atoms. The van der Waals surface area contributed by atoms with Crippen LogP contribution >= 0.6 is 0 Å². The van der Waals surface area contributed by atoms with Crippen LogP contribution in [0.1, 0.15) is 50.8 Å².